The zero-order chi connectivity index (χ0) is 17.2. The Morgan fingerprint density at radius 3 is 2.76 bits per heavy atom. The first-order chi connectivity index (χ1) is 12.2. The predicted molar refractivity (Wildman–Crippen MR) is 89.5 cm³/mol. The van der Waals surface area contributed by atoms with Crippen molar-refractivity contribution in [3.05, 3.63) is 53.3 Å². The molecule has 0 radical (unpaired) electrons. The lowest BCUT2D eigenvalue weighted by Crippen LogP contribution is -2.17. The highest BCUT2D eigenvalue weighted by atomic mass is 35.5. The van der Waals surface area contributed by atoms with Gasteiger partial charge < -0.3 is 14.8 Å². The van der Waals surface area contributed by atoms with Crippen LogP contribution in [0.1, 0.15) is 10.4 Å². The zero-order valence-corrected chi connectivity index (χ0v) is 13.6. The molecule has 25 heavy (non-hydrogen) atoms. The van der Waals surface area contributed by atoms with E-state index in [1.54, 1.807) is 36.4 Å². The summed E-state index contributed by atoms with van der Waals surface area (Å²) in [4.78, 5) is 12.7. The van der Waals surface area contributed by atoms with Crippen molar-refractivity contribution in [1.29, 1.82) is 0 Å². The number of nitrogens with one attached hydrogen (secondary N) is 1. The number of ether oxygens (including phenoxy) is 2. The maximum absolute atomic E-state index is 12.7. The number of amides is 1. The molecule has 2 heterocycles. The summed E-state index contributed by atoms with van der Waals surface area (Å²) in [5, 5.41) is 14.3. The van der Waals surface area contributed by atoms with Crippen molar-refractivity contribution >= 4 is 23.2 Å². The summed E-state index contributed by atoms with van der Waals surface area (Å²) in [5.74, 6) is 0.935. The lowest BCUT2D eigenvalue weighted by Gasteiger charge is -2.19. The molecular formula is C16H12ClN5O3. The number of hydrogen-bond acceptors (Lipinski definition) is 6. The molecule has 1 aliphatic rings. The fourth-order valence-corrected chi connectivity index (χ4v) is 2.64. The molecule has 126 valence electrons. The van der Waals surface area contributed by atoms with E-state index in [2.05, 4.69) is 20.8 Å². The molecule has 8 nitrogen and oxygen atoms in total. The molecular weight excluding hydrogens is 346 g/mol. The van der Waals surface area contributed by atoms with Gasteiger partial charge in [0.05, 0.1) is 11.3 Å². The molecule has 9 heteroatoms. The molecule has 2 aromatic carbocycles. The molecule has 0 spiro atoms. The van der Waals surface area contributed by atoms with E-state index in [9.17, 15) is 4.79 Å². The highest BCUT2D eigenvalue weighted by Crippen LogP contribution is 2.33. The van der Waals surface area contributed by atoms with Crippen LogP contribution >= 0.6 is 11.6 Å². The largest absolute Gasteiger partial charge is 0.486 e. The minimum Gasteiger partial charge on any atom is -0.486 e. The number of rotatable bonds is 3. The molecule has 0 saturated carbocycles. The predicted octanol–water partition coefficient (Wildman–Crippen LogP) is 2.34. The summed E-state index contributed by atoms with van der Waals surface area (Å²) < 4.78 is 12.4. The Hall–Kier alpha value is -3.13. The second-order valence-corrected chi connectivity index (χ2v) is 5.66. The monoisotopic (exact) mass is 357 g/mol. The van der Waals surface area contributed by atoms with Crippen molar-refractivity contribution in [2.45, 2.75) is 0 Å². The summed E-state index contributed by atoms with van der Waals surface area (Å²) in [7, 11) is 0. The zero-order valence-electron chi connectivity index (χ0n) is 12.8. The smallest absolute Gasteiger partial charge is 0.257 e. The molecule has 0 fully saturated rings. The Bertz CT molecular complexity index is 930. The molecule has 1 aromatic heterocycles. The highest BCUT2D eigenvalue weighted by Gasteiger charge is 2.17. The van der Waals surface area contributed by atoms with Gasteiger partial charge in [-0.25, -0.2) is 0 Å². The van der Waals surface area contributed by atoms with Crippen LogP contribution < -0.4 is 14.8 Å². The van der Waals surface area contributed by atoms with Crippen LogP contribution in [0.15, 0.2) is 42.7 Å². The van der Waals surface area contributed by atoms with Gasteiger partial charge in [-0.05, 0) is 40.8 Å². The molecule has 4 rings (SSSR count). The Labute approximate surface area is 147 Å². The summed E-state index contributed by atoms with van der Waals surface area (Å²) in [5.41, 5.74) is 1.45. The Kier molecular flexibility index (Phi) is 3.95. The van der Waals surface area contributed by atoms with Crippen molar-refractivity contribution in [3.63, 3.8) is 0 Å². The number of carbonyl (C=O) groups excluding carboxylic acids is 1. The topological polar surface area (TPSA) is 91.2 Å². The van der Waals surface area contributed by atoms with E-state index in [1.807, 2.05) is 0 Å². The molecule has 0 atom stereocenters. The van der Waals surface area contributed by atoms with Gasteiger partial charge in [-0.3, -0.25) is 4.79 Å². The van der Waals surface area contributed by atoms with Gasteiger partial charge in [0.1, 0.15) is 19.5 Å². The standard InChI is InChI=1S/C16H12ClN5O3/c17-10-1-3-12(13(7-10)22-9-18-20-21-22)16(23)19-11-2-4-14-15(8-11)25-6-5-24-14/h1-4,7-9H,5-6H2,(H,19,23). The molecule has 1 N–H and O–H groups in total. The Morgan fingerprint density at radius 1 is 1.12 bits per heavy atom. The first-order valence-corrected chi connectivity index (χ1v) is 7.82. The molecule has 0 aliphatic carbocycles. The normalized spacial score (nSPS) is 12.7. The fourth-order valence-electron chi connectivity index (χ4n) is 2.48. The van der Waals surface area contributed by atoms with Crippen LogP contribution in [0.5, 0.6) is 11.5 Å². The van der Waals surface area contributed by atoms with Crippen LogP contribution in [0.3, 0.4) is 0 Å². The average Bonchev–Trinajstić information content (AvgIpc) is 3.16. The number of tetrazole rings is 1. The molecule has 0 unspecified atom stereocenters. The van der Waals surface area contributed by atoms with Crippen molar-refractivity contribution in [1.82, 2.24) is 20.2 Å². The van der Waals surface area contributed by atoms with Gasteiger partial charge in [0.25, 0.3) is 5.91 Å². The van der Waals surface area contributed by atoms with Gasteiger partial charge in [-0.1, -0.05) is 11.6 Å². The summed E-state index contributed by atoms with van der Waals surface area (Å²) in [6.45, 7) is 0.990. The van der Waals surface area contributed by atoms with Crippen molar-refractivity contribution < 1.29 is 14.3 Å². The summed E-state index contributed by atoms with van der Waals surface area (Å²) >= 11 is 6.03. The molecule has 1 aliphatic heterocycles. The number of nitrogens with zero attached hydrogens (tertiary/aromatic N) is 4. The summed E-state index contributed by atoms with van der Waals surface area (Å²) in [6.07, 6.45) is 1.40. The molecule has 0 bridgehead atoms. The van der Waals surface area contributed by atoms with Gasteiger partial charge in [0, 0.05) is 16.8 Å². The third kappa shape index (κ3) is 3.11. The number of carbonyl (C=O) groups is 1. The number of fused-ring (bicyclic) bond motifs is 1. The molecule has 1 amide bonds. The first-order valence-electron chi connectivity index (χ1n) is 7.44. The highest BCUT2D eigenvalue weighted by molar-refractivity contribution is 6.31. The van der Waals surface area contributed by atoms with E-state index in [4.69, 9.17) is 21.1 Å². The second kappa shape index (κ2) is 6.40. The van der Waals surface area contributed by atoms with Crippen LogP contribution in [0, 0.1) is 0 Å². The summed E-state index contributed by atoms with van der Waals surface area (Å²) in [6, 6.07) is 10.1. The van der Waals surface area contributed by atoms with Crippen LogP contribution in [-0.2, 0) is 0 Å². The first kappa shape index (κ1) is 15.4. The third-order valence-electron chi connectivity index (χ3n) is 3.60. The van der Waals surface area contributed by atoms with Gasteiger partial charge in [0.2, 0.25) is 0 Å². The van der Waals surface area contributed by atoms with Gasteiger partial charge >= 0.3 is 0 Å². The van der Waals surface area contributed by atoms with Crippen LogP contribution in [0.4, 0.5) is 5.69 Å². The van der Waals surface area contributed by atoms with E-state index < -0.39 is 0 Å². The van der Waals surface area contributed by atoms with Gasteiger partial charge in [-0.2, -0.15) is 4.68 Å². The van der Waals surface area contributed by atoms with Crippen molar-refractivity contribution in [2.75, 3.05) is 18.5 Å². The van der Waals surface area contributed by atoms with Crippen LogP contribution in [-0.4, -0.2) is 39.3 Å². The number of halogens is 1. The Morgan fingerprint density at radius 2 is 1.96 bits per heavy atom. The van der Waals surface area contributed by atoms with Gasteiger partial charge in [0.15, 0.2) is 11.5 Å². The van der Waals surface area contributed by atoms with Crippen LogP contribution in [0.25, 0.3) is 5.69 Å². The van der Waals surface area contributed by atoms with Gasteiger partial charge in [-0.15, -0.1) is 5.10 Å². The maximum atomic E-state index is 12.7. The second-order valence-electron chi connectivity index (χ2n) is 5.23. The van der Waals surface area contributed by atoms with E-state index in [0.717, 1.165) is 0 Å². The third-order valence-corrected chi connectivity index (χ3v) is 3.84. The van der Waals surface area contributed by atoms with E-state index >= 15 is 0 Å². The SMILES string of the molecule is O=C(Nc1ccc2c(c1)OCCO2)c1ccc(Cl)cc1-n1cnnn1. The van der Waals surface area contributed by atoms with E-state index in [1.165, 1.54) is 11.0 Å². The van der Waals surface area contributed by atoms with Crippen LogP contribution in [0.2, 0.25) is 5.02 Å². The lowest BCUT2D eigenvalue weighted by molar-refractivity contribution is 0.102. The number of benzene rings is 2. The molecule has 0 saturated heterocycles. The molecule has 3 aromatic rings. The minimum absolute atomic E-state index is 0.321. The average molecular weight is 358 g/mol. The lowest BCUT2D eigenvalue weighted by atomic mass is 10.1. The quantitative estimate of drug-likeness (QED) is 0.773. The van der Waals surface area contributed by atoms with Crippen molar-refractivity contribution in [2.24, 2.45) is 0 Å². The maximum Gasteiger partial charge on any atom is 0.257 e. The minimum atomic E-state index is -0.321. The fraction of sp³-hybridized carbons (Fsp3) is 0.125. The van der Waals surface area contributed by atoms with E-state index in [-0.39, 0.29) is 5.91 Å². The number of aromatic nitrogens is 4. The number of hydrogen-bond donors (Lipinski definition) is 1. The Balaban J connectivity index is 1.64. The number of anilines is 1. The van der Waals surface area contributed by atoms with E-state index in [0.29, 0.717) is 46.7 Å². The van der Waals surface area contributed by atoms with Crippen molar-refractivity contribution in [3.8, 4) is 17.2 Å².